The number of rotatable bonds is 18. The molecular formula is C18H42NO5Si+. The molecule has 0 spiro atoms. The van der Waals surface area contributed by atoms with Gasteiger partial charge in [0.2, 0.25) is 0 Å². The fourth-order valence-corrected chi connectivity index (χ4v) is 4.79. The highest BCUT2D eigenvalue weighted by molar-refractivity contribution is 6.60. The van der Waals surface area contributed by atoms with E-state index in [4.69, 9.17) is 22.8 Å². The Balaban J connectivity index is 3.65. The molecule has 0 aromatic rings. The number of methoxy groups -OCH3 is 1. The van der Waals surface area contributed by atoms with Crippen molar-refractivity contribution in [2.75, 3.05) is 75.4 Å². The summed E-state index contributed by atoms with van der Waals surface area (Å²) in [7, 11) is 8.86. The van der Waals surface area contributed by atoms with Crippen molar-refractivity contribution in [2.45, 2.75) is 44.6 Å². The summed E-state index contributed by atoms with van der Waals surface area (Å²) in [5.41, 5.74) is 0. The van der Waals surface area contributed by atoms with Crippen LogP contribution in [0, 0.1) is 0 Å². The predicted molar refractivity (Wildman–Crippen MR) is 104 cm³/mol. The highest BCUT2D eigenvalue weighted by atomic mass is 28.4. The smallest absolute Gasteiger partial charge is 0.382 e. The van der Waals surface area contributed by atoms with Crippen molar-refractivity contribution in [3.05, 3.63) is 0 Å². The Morgan fingerprint density at radius 1 is 0.640 bits per heavy atom. The van der Waals surface area contributed by atoms with Gasteiger partial charge >= 0.3 is 8.80 Å². The zero-order valence-electron chi connectivity index (χ0n) is 17.5. The lowest BCUT2D eigenvalue weighted by Crippen LogP contribution is -2.49. The third-order valence-electron chi connectivity index (χ3n) is 4.69. The maximum Gasteiger partial charge on any atom is 0.505 e. The number of quaternary nitrogens is 1. The molecule has 0 N–H and O–H groups in total. The number of unbranched alkanes of at least 4 members (excludes halogenated alkanes) is 5. The first-order chi connectivity index (χ1) is 11.9. The number of ether oxygens (including phenoxy) is 2. The monoisotopic (exact) mass is 380 g/mol. The molecule has 0 saturated heterocycles. The second kappa shape index (κ2) is 15.1. The second-order valence-corrected chi connectivity index (χ2v) is 10.2. The Morgan fingerprint density at radius 2 is 1.20 bits per heavy atom. The van der Waals surface area contributed by atoms with Gasteiger partial charge in [0, 0.05) is 35.0 Å². The van der Waals surface area contributed by atoms with E-state index in [1.54, 1.807) is 28.4 Å². The molecule has 0 aromatic heterocycles. The zero-order chi connectivity index (χ0) is 19.0. The third-order valence-corrected chi connectivity index (χ3v) is 7.39. The zero-order valence-corrected chi connectivity index (χ0v) is 18.5. The standard InChI is InChI=1S/C18H42NO5Si/c1-19(2,14-18-25(21-4,22-5)23-6)13-11-9-7-8-10-12-15-24-17-16-20-3/h7-18H2,1-6H3/q+1. The first-order valence-corrected chi connectivity index (χ1v) is 11.4. The van der Waals surface area contributed by atoms with E-state index >= 15 is 0 Å². The van der Waals surface area contributed by atoms with Crippen molar-refractivity contribution in [3.63, 3.8) is 0 Å². The molecule has 0 radical (unpaired) electrons. The summed E-state index contributed by atoms with van der Waals surface area (Å²) in [6.07, 6.45) is 7.59. The van der Waals surface area contributed by atoms with Gasteiger partial charge in [0.25, 0.3) is 0 Å². The van der Waals surface area contributed by atoms with E-state index in [1.807, 2.05) is 0 Å². The summed E-state index contributed by atoms with van der Waals surface area (Å²) in [4.78, 5) is 0. The molecule has 0 rings (SSSR count). The highest BCUT2D eigenvalue weighted by Gasteiger charge is 2.39. The Morgan fingerprint density at radius 3 is 1.76 bits per heavy atom. The van der Waals surface area contributed by atoms with Crippen LogP contribution in [0.1, 0.15) is 38.5 Å². The van der Waals surface area contributed by atoms with E-state index in [9.17, 15) is 0 Å². The first-order valence-electron chi connectivity index (χ1n) is 9.49. The van der Waals surface area contributed by atoms with Crippen LogP contribution in [0.15, 0.2) is 0 Å². The minimum absolute atomic E-state index is 0.691. The maximum atomic E-state index is 5.51. The van der Waals surface area contributed by atoms with Crippen LogP contribution in [0.2, 0.25) is 6.04 Å². The van der Waals surface area contributed by atoms with Gasteiger partial charge in [-0.3, -0.25) is 0 Å². The van der Waals surface area contributed by atoms with Crippen LogP contribution in [0.5, 0.6) is 0 Å². The molecule has 0 saturated carbocycles. The van der Waals surface area contributed by atoms with Crippen LogP contribution in [0.4, 0.5) is 0 Å². The molecule has 0 aliphatic heterocycles. The molecule has 0 aliphatic carbocycles. The number of hydrogen-bond donors (Lipinski definition) is 0. The molecule has 25 heavy (non-hydrogen) atoms. The summed E-state index contributed by atoms with van der Waals surface area (Å²) >= 11 is 0. The van der Waals surface area contributed by atoms with Crippen LogP contribution in [-0.2, 0) is 22.8 Å². The summed E-state index contributed by atoms with van der Waals surface area (Å²) in [6, 6.07) is 0.854. The Bertz CT molecular complexity index is 293. The molecule has 0 bridgehead atoms. The van der Waals surface area contributed by atoms with Crippen molar-refractivity contribution in [1.29, 1.82) is 0 Å². The third kappa shape index (κ3) is 12.9. The van der Waals surface area contributed by atoms with Crippen LogP contribution in [-0.4, -0.2) is 88.7 Å². The molecule has 0 aromatic carbocycles. The van der Waals surface area contributed by atoms with Gasteiger partial charge in [0.15, 0.2) is 0 Å². The quantitative estimate of drug-likeness (QED) is 0.208. The minimum Gasteiger partial charge on any atom is -0.382 e. The summed E-state index contributed by atoms with van der Waals surface area (Å²) < 4.78 is 27.9. The van der Waals surface area contributed by atoms with Gasteiger partial charge in [-0.15, -0.1) is 0 Å². The van der Waals surface area contributed by atoms with Crippen molar-refractivity contribution in [2.24, 2.45) is 0 Å². The Kier molecular flexibility index (Phi) is 15.1. The van der Waals surface area contributed by atoms with Crippen LogP contribution in [0.3, 0.4) is 0 Å². The molecule has 0 atom stereocenters. The van der Waals surface area contributed by atoms with Crippen LogP contribution < -0.4 is 0 Å². The van der Waals surface area contributed by atoms with Crippen molar-refractivity contribution >= 4 is 8.80 Å². The van der Waals surface area contributed by atoms with Crippen LogP contribution in [0.25, 0.3) is 0 Å². The molecule has 0 heterocycles. The van der Waals surface area contributed by atoms with Crippen molar-refractivity contribution in [1.82, 2.24) is 0 Å². The van der Waals surface area contributed by atoms with Gasteiger partial charge < -0.3 is 27.2 Å². The Labute approximate surface area is 156 Å². The first kappa shape index (κ1) is 25.0. The SMILES string of the molecule is COCCOCCCCCCCC[N+](C)(C)CC[Si](OC)(OC)OC. The summed E-state index contributed by atoms with van der Waals surface area (Å²) in [6.45, 7) is 4.46. The molecule has 0 aliphatic rings. The average Bonchev–Trinajstić information content (AvgIpc) is 2.61. The molecule has 0 amide bonds. The molecule has 0 unspecified atom stereocenters. The topological polar surface area (TPSA) is 46.2 Å². The molecular weight excluding hydrogens is 338 g/mol. The normalized spacial score (nSPS) is 12.7. The van der Waals surface area contributed by atoms with Gasteiger partial charge in [-0.25, -0.2) is 0 Å². The number of nitrogens with zero attached hydrogens (tertiary/aromatic N) is 1. The fourth-order valence-electron chi connectivity index (χ4n) is 2.80. The molecule has 7 heteroatoms. The molecule has 152 valence electrons. The van der Waals surface area contributed by atoms with E-state index in [-0.39, 0.29) is 0 Å². The van der Waals surface area contributed by atoms with Gasteiger partial charge in [0.1, 0.15) is 0 Å². The Hall–Kier alpha value is -0.0231. The minimum atomic E-state index is -2.44. The van der Waals surface area contributed by atoms with E-state index in [0.717, 1.165) is 30.1 Å². The van der Waals surface area contributed by atoms with E-state index in [2.05, 4.69) is 14.1 Å². The van der Waals surface area contributed by atoms with Gasteiger partial charge in [-0.1, -0.05) is 19.3 Å². The van der Waals surface area contributed by atoms with Crippen LogP contribution >= 0.6 is 0 Å². The molecule has 6 nitrogen and oxygen atoms in total. The van der Waals surface area contributed by atoms with E-state index < -0.39 is 8.80 Å². The summed E-state index contributed by atoms with van der Waals surface area (Å²) in [5.74, 6) is 0. The predicted octanol–water partition coefficient (Wildman–Crippen LogP) is 2.94. The maximum absolute atomic E-state index is 5.51. The van der Waals surface area contributed by atoms with Crippen molar-refractivity contribution in [3.8, 4) is 0 Å². The van der Waals surface area contributed by atoms with E-state index in [1.165, 1.54) is 38.6 Å². The van der Waals surface area contributed by atoms with Crippen molar-refractivity contribution < 1.29 is 27.2 Å². The van der Waals surface area contributed by atoms with Gasteiger partial charge in [-0.2, -0.15) is 0 Å². The van der Waals surface area contributed by atoms with E-state index in [0.29, 0.717) is 13.2 Å². The average molecular weight is 381 g/mol. The van der Waals surface area contributed by atoms with Gasteiger partial charge in [-0.05, 0) is 19.3 Å². The summed E-state index contributed by atoms with van der Waals surface area (Å²) in [5, 5.41) is 0. The molecule has 0 fully saturated rings. The lowest BCUT2D eigenvalue weighted by atomic mass is 10.1. The largest absolute Gasteiger partial charge is 0.505 e. The highest BCUT2D eigenvalue weighted by Crippen LogP contribution is 2.16. The number of hydrogen-bond acceptors (Lipinski definition) is 5. The fraction of sp³-hybridized carbons (Fsp3) is 1.00. The second-order valence-electron chi connectivity index (χ2n) is 7.15. The van der Waals surface area contributed by atoms with Gasteiger partial charge in [0.05, 0.1) is 46.4 Å². The lowest BCUT2D eigenvalue weighted by molar-refractivity contribution is -0.888. The lowest BCUT2D eigenvalue weighted by Gasteiger charge is -2.33.